The van der Waals surface area contributed by atoms with Crippen LogP contribution >= 0.6 is 0 Å². The van der Waals surface area contributed by atoms with E-state index in [4.69, 9.17) is 9.16 Å². The van der Waals surface area contributed by atoms with Crippen molar-refractivity contribution in [3.05, 3.63) is 108 Å². The van der Waals surface area contributed by atoms with Gasteiger partial charge in [-0.2, -0.15) is 0 Å². The van der Waals surface area contributed by atoms with Gasteiger partial charge in [-0.15, -0.1) is 0 Å². The van der Waals surface area contributed by atoms with Crippen LogP contribution in [0, 0.1) is 0 Å². The van der Waals surface area contributed by atoms with Crippen LogP contribution < -0.4 is 10.4 Å². The van der Waals surface area contributed by atoms with Crippen molar-refractivity contribution < 1.29 is 14.0 Å². The van der Waals surface area contributed by atoms with E-state index >= 15 is 0 Å². The van der Waals surface area contributed by atoms with E-state index in [2.05, 4.69) is 107 Å². The fraction of sp³-hybridized carbons (Fsp3) is 0.432. The maximum absolute atomic E-state index is 13.2. The molecule has 0 N–H and O–H groups in total. The highest BCUT2D eigenvalue weighted by atomic mass is 28.4. The molecule has 4 rings (SSSR count). The molecule has 218 valence electrons. The van der Waals surface area contributed by atoms with Gasteiger partial charge in [-0.3, -0.25) is 0 Å². The molecule has 0 unspecified atom stereocenters. The van der Waals surface area contributed by atoms with Crippen LogP contribution in [-0.4, -0.2) is 27.0 Å². The van der Waals surface area contributed by atoms with Crippen molar-refractivity contribution in [3.63, 3.8) is 0 Å². The minimum atomic E-state index is -2.74. The summed E-state index contributed by atoms with van der Waals surface area (Å²) in [7, 11) is -2.74. The zero-order chi connectivity index (χ0) is 29.3. The lowest BCUT2D eigenvalue weighted by molar-refractivity contribution is -0.146. The number of hydrogen-bond donors (Lipinski definition) is 0. The fourth-order valence-corrected chi connectivity index (χ4v) is 10.8. The molecule has 1 saturated carbocycles. The first kappa shape index (κ1) is 31.0. The van der Waals surface area contributed by atoms with Crippen LogP contribution in [0.15, 0.2) is 97.1 Å². The molecule has 1 aliphatic rings. The van der Waals surface area contributed by atoms with E-state index in [-0.39, 0.29) is 23.7 Å². The highest BCUT2D eigenvalue weighted by Crippen LogP contribution is 2.37. The Kier molecular flexibility index (Phi) is 10.8. The zero-order valence-electron chi connectivity index (χ0n) is 25.5. The molecule has 0 amide bonds. The van der Waals surface area contributed by atoms with Crippen LogP contribution in [0.25, 0.3) is 0 Å². The lowest BCUT2D eigenvalue weighted by atomic mass is 9.82. The first-order valence-electron chi connectivity index (χ1n) is 15.5. The molecule has 1 fully saturated rings. The molecule has 3 aromatic carbocycles. The third kappa shape index (κ3) is 7.67. The van der Waals surface area contributed by atoms with Gasteiger partial charge in [0.25, 0.3) is 8.32 Å². The van der Waals surface area contributed by atoms with Crippen molar-refractivity contribution in [1.82, 2.24) is 0 Å². The third-order valence-corrected chi connectivity index (χ3v) is 13.6. The van der Waals surface area contributed by atoms with Crippen LogP contribution in [-0.2, 0) is 20.4 Å². The Morgan fingerprint density at radius 2 is 1.39 bits per heavy atom. The van der Waals surface area contributed by atoms with Gasteiger partial charge in [0, 0.05) is 0 Å². The topological polar surface area (TPSA) is 35.5 Å². The molecular weight excluding hydrogens is 520 g/mol. The SMILES string of the molecule is C=C(CO[Si](c1ccccc1)(c1ccccc1)C(C)(C)C)C(=O)OC1CCC(c2ccc(CCCCC)cc2)CC1. The molecule has 0 aromatic heterocycles. The second-order valence-corrected chi connectivity index (χ2v) is 16.9. The van der Waals surface area contributed by atoms with E-state index in [9.17, 15) is 4.79 Å². The van der Waals surface area contributed by atoms with E-state index < -0.39 is 8.32 Å². The summed E-state index contributed by atoms with van der Waals surface area (Å²) in [6.45, 7) is 13.2. The standard InChI is InChI=1S/C37H48O3Si/c1-6-7-10-15-30-20-22-31(23-21-30)32-24-26-33(27-25-32)40-36(38)29(2)28-39-41(37(3,4)5,34-16-11-8-12-17-34)35-18-13-9-14-19-35/h8-9,11-14,16-23,32-33H,2,6-7,10,15,24-28H2,1,3-5H3. The van der Waals surface area contributed by atoms with E-state index in [1.54, 1.807) is 0 Å². The van der Waals surface area contributed by atoms with Gasteiger partial charge in [0.15, 0.2) is 0 Å². The number of esters is 1. The first-order chi connectivity index (χ1) is 19.7. The van der Waals surface area contributed by atoms with Crippen LogP contribution in [0.1, 0.15) is 89.7 Å². The van der Waals surface area contributed by atoms with Crippen molar-refractivity contribution >= 4 is 24.7 Å². The van der Waals surface area contributed by atoms with Gasteiger partial charge >= 0.3 is 5.97 Å². The summed E-state index contributed by atoms with van der Waals surface area (Å²) in [5.74, 6) is 0.208. The van der Waals surface area contributed by atoms with Gasteiger partial charge in [0.05, 0.1) is 12.2 Å². The average Bonchev–Trinajstić information content (AvgIpc) is 2.99. The van der Waals surface area contributed by atoms with Gasteiger partial charge in [0.2, 0.25) is 0 Å². The molecule has 0 spiro atoms. The summed E-state index contributed by atoms with van der Waals surface area (Å²) in [6, 6.07) is 30.2. The normalized spacial score (nSPS) is 17.7. The molecule has 0 radical (unpaired) electrons. The molecule has 0 saturated heterocycles. The average molecular weight is 569 g/mol. The number of aryl methyl sites for hydroxylation is 1. The summed E-state index contributed by atoms with van der Waals surface area (Å²) in [5.41, 5.74) is 3.24. The number of ether oxygens (including phenoxy) is 1. The Hall–Kier alpha value is -2.95. The van der Waals surface area contributed by atoms with Gasteiger partial charge in [0.1, 0.15) is 6.10 Å². The summed E-state index contributed by atoms with van der Waals surface area (Å²) in [4.78, 5) is 13.2. The molecule has 3 aromatic rings. The summed E-state index contributed by atoms with van der Waals surface area (Å²) in [6.07, 6.45) is 8.78. The fourth-order valence-electron chi connectivity index (χ4n) is 6.30. The summed E-state index contributed by atoms with van der Waals surface area (Å²) < 4.78 is 12.9. The van der Waals surface area contributed by atoms with Crippen molar-refractivity contribution in [2.45, 2.75) is 96.1 Å². The quantitative estimate of drug-likeness (QED) is 0.0958. The maximum Gasteiger partial charge on any atom is 0.335 e. The van der Waals surface area contributed by atoms with Crippen LogP contribution in [0.4, 0.5) is 0 Å². The second kappa shape index (κ2) is 14.3. The van der Waals surface area contributed by atoms with E-state index in [1.807, 2.05) is 12.1 Å². The molecule has 41 heavy (non-hydrogen) atoms. The molecule has 4 heteroatoms. The highest BCUT2D eigenvalue weighted by Gasteiger charge is 2.50. The largest absolute Gasteiger partial charge is 0.459 e. The van der Waals surface area contributed by atoms with Crippen molar-refractivity contribution in [1.29, 1.82) is 0 Å². The molecule has 0 heterocycles. The Bertz CT molecular complexity index is 1200. The predicted octanol–water partition coefficient (Wildman–Crippen LogP) is 8.12. The van der Waals surface area contributed by atoms with Gasteiger partial charge in [-0.25, -0.2) is 4.79 Å². The monoisotopic (exact) mass is 568 g/mol. The second-order valence-electron chi connectivity index (χ2n) is 12.6. The molecule has 1 aliphatic carbocycles. The van der Waals surface area contributed by atoms with Crippen molar-refractivity contribution in [2.75, 3.05) is 6.61 Å². The smallest absolute Gasteiger partial charge is 0.335 e. The Balaban J connectivity index is 1.35. The molecule has 3 nitrogen and oxygen atoms in total. The Morgan fingerprint density at radius 3 is 1.90 bits per heavy atom. The minimum absolute atomic E-state index is 0.0586. The van der Waals surface area contributed by atoms with Gasteiger partial charge in [-0.05, 0) is 71.0 Å². The molecular formula is C37H48O3Si. The lowest BCUT2D eigenvalue weighted by Gasteiger charge is -2.43. The summed E-state index contributed by atoms with van der Waals surface area (Å²) >= 11 is 0. The van der Waals surface area contributed by atoms with E-state index in [0.717, 1.165) is 25.7 Å². The van der Waals surface area contributed by atoms with E-state index in [0.29, 0.717) is 11.5 Å². The number of benzene rings is 3. The number of carbonyl (C=O) groups is 1. The van der Waals surface area contributed by atoms with Crippen LogP contribution in [0.2, 0.25) is 5.04 Å². The predicted molar refractivity (Wildman–Crippen MR) is 173 cm³/mol. The third-order valence-electron chi connectivity index (χ3n) is 8.64. The Morgan fingerprint density at radius 1 is 0.829 bits per heavy atom. The molecule has 0 aliphatic heterocycles. The van der Waals surface area contributed by atoms with Crippen molar-refractivity contribution in [3.8, 4) is 0 Å². The lowest BCUT2D eigenvalue weighted by Crippen LogP contribution is -2.66. The minimum Gasteiger partial charge on any atom is -0.459 e. The zero-order valence-corrected chi connectivity index (χ0v) is 26.5. The van der Waals surface area contributed by atoms with Crippen molar-refractivity contribution in [2.24, 2.45) is 0 Å². The number of hydrogen-bond acceptors (Lipinski definition) is 3. The first-order valence-corrected chi connectivity index (χ1v) is 17.4. The maximum atomic E-state index is 13.2. The number of unbranched alkanes of at least 4 members (excludes halogenated alkanes) is 2. The highest BCUT2D eigenvalue weighted by molar-refractivity contribution is 6.99. The number of carbonyl (C=O) groups excluding carboxylic acids is 1. The van der Waals surface area contributed by atoms with Gasteiger partial charge < -0.3 is 9.16 Å². The Labute approximate surface area is 249 Å². The van der Waals surface area contributed by atoms with E-state index in [1.165, 1.54) is 47.2 Å². The summed E-state index contributed by atoms with van der Waals surface area (Å²) in [5, 5.41) is 2.21. The molecule has 0 atom stereocenters. The van der Waals surface area contributed by atoms with Crippen LogP contribution in [0.5, 0.6) is 0 Å². The number of rotatable bonds is 12. The van der Waals surface area contributed by atoms with Crippen LogP contribution in [0.3, 0.4) is 0 Å². The van der Waals surface area contributed by atoms with Gasteiger partial charge in [-0.1, -0.05) is 132 Å². The molecule has 0 bridgehead atoms.